The normalized spacial score (nSPS) is 22.5. The second-order valence-corrected chi connectivity index (χ2v) is 9.02. The maximum absolute atomic E-state index is 12.9. The molecule has 154 valence electrons. The lowest BCUT2D eigenvalue weighted by molar-refractivity contribution is -0.120. The molecule has 1 fully saturated rings. The van der Waals surface area contributed by atoms with Gasteiger partial charge in [0.05, 0.1) is 23.6 Å². The summed E-state index contributed by atoms with van der Waals surface area (Å²) in [6.07, 6.45) is 5.41. The fraction of sp³-hybridized carbons (Fsp3) is 0.588. The molecule has 2 aromatic rings. The summed E-state index contributed by atoms with van der Waals surface area (Å²) in [5, 5.41) is 11.4. The van der Waals surface area contributed by atoms with E-state index in [2.05, 4.69) is 20.2 Å². The quantitative estimate of drug-likeness (QED) is 0.770. The third-order valence-corrected chi connectivity index (χ3v) is 6.55. The fourth-order valence-corrected chi connectivity index (χ4v) is 4.53. The Morgan fingerprint density at radius 3 is 2.68 bits per heavy atom. The van der Waals surface area contributed by atoms with Crippen molar-refractivity contribution in [2.75, 3.05) is 12.4 Å². The predicted molar refractivity (Wildman–Crippen MR) is 105 cm³/mol. The molecule has 0 saturated carbocycles. The van der Waals surface area contributed by atoms with E-state index in [-0.39, 0.29) is 11.9 Å². The first-order chi connectivity index (χ1) is 13.1. The summed E-state index contributed by atoms with van der Waals surface area (Å²) < 4.78 is 32.4. The second-order valence-electron chi connectivity index (χ2n) is 7.26. The minimum absolute atomic E-state index is 0.162. The molecule has 11 heteroatoms. The topological polar surface area (TPSA) is 114 Å². The van der Waals surface area contributed by atoms with Crippen LogP contribution >= 0.6 is 0 Å². The molecule has 0 aliphatic carbocycles. The van der Waals surface area contributed by atoms with Crippen LogP contribution in [-0.2, 0) is 21.5 Å². The molecule has 1 amide bonds. The Kier molecular flexibility index (Phi) is 5.60. The Hall–Kier alpha value is -2.24. The first-order valence-corrected chi connectivity index (χ1v) is 10.7. The molecule has 2 N–H and O–H groups in total. The smallest absolute Gasteiger partial charge is 0.280 e. The molecule has 3 heterocycles. The van der Waals surface area contributed by atoms with Gasteiger partial charge < -0.3 is 5.32 Å². The zero-order valence-corrected chi connectivity index (χ0v) is 17.6. The minimum atomic E-state index is -3.80. The van der Waals surface area contributed by atoms with E-state index in [1.165, 1.54) is 7.05 Å². The average molecular weight is 410 g/mol. The van der Waals surface area contributed by atoms with Crippen molar-refractivity contribution in [3.8, 4) is 0 Å². The number of nitrogens with zero attached hydrogens (tertiary/aromatic N) is 5. The van der Waals surface area contributed by atoms with Gasteiger partial charge in [-0.05, 0) is 34.1 Å². The van der Waals surface area contributed by atoms with Crippen LogP contribution in [0.15, 0.2) is 18.6 Å². The average Bonchev–Trinajstić information content (AvgIpc) is 3.23. The Labute approximate surface area is 165 Å². The van der Waals surface area contributed by atoms with Gasteiger partial charge in [0.1, 0.15) is 6.04 Å². The van der Waals surface area contributed by atoms with Crippen molar-refractivity contribution < 1.29 is 13.2 Å². The number of nitrogens with one attached hydrogen (secondary N) is 2. The SMILES string of the molecule is CCn1cc([C@H]2C[C@@H](C(=O)Nc3cnn(C(C)C)c3)N(C)S(=O)(=O)N2)c(C)n1. The number of rotatable bonds is 5. The molecule has 0 unspecified atom stereocenters. The highest BCUT2D eigenvalue weighted by atomic mass is 32.2. The van der Waals surface area contributed by atoms with Gasteiger partial charge in [-0.2, -0.15) is 27.6 Å². The maximum Gasteiger partial charge on any atom is 0.280 e. The van der Waals surface area contributed by atoms with E-state index in [0.717, 1.165) is 15.6 Å². The molecule has 3 rings (SSSR count). The highest BCUT2D eigenvalue weighted by molar-refractivity contribution is 7.87. The standard InChI is InChI=1S/C17H27N7O3S/c1-6-23-10-14(12(4)20-23)15-7-16(22(5)28(26,27)21-15)17(25)19-13-8-18-24(9-13)11(2)3/h8-11,15-16,21H,6-7H2,1-5H3,(H,19,25)/t15-,16+/m1/s1. The van der Waals surface area contributed by atoms with Gasteiger partial charge in [0.15, 0.2) is 0 Å². The van der Waals surface area contributed by atoms with Crippen molar-refractivity contribution in [2.45, 2.75) is 58.8 Å². The lowest BCUT2D eigenvalue weighted by Crippen LogP contribution is -2.56. The van der Waals surface area contributed by atoms with E-state index < -0.39 is 22.3 Å². The third kappa shape index (κ3) is 3.96. The summed E-state index contributed by atoms with van der Waals surface area (Å²) in [4.78, 5) is 12.9. The Bertz CT molecular complexity index is 963. The van der Waals surface area contributed by atoms with Crippen molar-refractivity contribution >= 4 is 21.8 Å². The van der Waals surface area contributed by atoms with Gasteiger partial charge in [-0.25, -0.2) is 0 Å². The van der Waals surface area contributed by atoms with Crippen molar-refractivity contribution in [3.63, 3.8) is 0 Å². The van der Waals surface area contributed by atoms with Gasteiger partial charge >= 0.3 is 0 Å². The van der Waals surface area contributed by atoms with Gasteiger partial charge in [0.2, 0.25) is 5.91 Å². The summed E-state index contributed by atoms with van der Waals surface area (Å²) in [6, 6.07) is -1.20. The van der Waals surface area contributed by atoms with Crippen LogP contribution in [0.1, 0.15) is 50.5 Å². The minimum Gasteiger partial charge on any atom is -0.322 e. The molecule has 10 nitrogen and oxygen atoms in total. The van der Waals surface area contributed by atoms with Crippen molar-refractivity contribution in [1.82, 2.24) is 28.6 Å². The Morgan fingerprint density at radius 2 is 2.11 bits per heavy atom. The molecule has 28 heavy (non-hydrogen) atoms. The van der Waals surface area contributed by atoms with E-state index in [1.807, 2.05) is 33.9 Å². The van der Waals surface area contributed by atoms with E-state index in [4.69, 9.17) is 0 Å². The van der Waals surface area contributed by atoms with E-state index in [1.54, 1.807) is 21.8 Å². The maximum atomic E-state index is 12.9. The van der Waals surface area contributed by atoms with Crippen LogP contribution in [0, 0.1) is 6.92 Å². The van der Waals surface area contributed by atoms with Gasteiger partial charge in [0, 0.05) is 37.6 Å². The van der Waals surface area contributed by atoms with Gasteiger partial charge in [-0.3, -0.25) is 14.2 Å². The van der Waals surface area contributed by atoms with Gasteiger partial charge in [0.25, 0.3) is 10.2 Å². The van der Waals surface area contributed by atoms with Gasteiger partial charge in [-0.1, -0.05) is 0 Å². The third-order valence-electron chi connectivity index (χ3n) is 4.95. The zero-order valence-electron chi connectivity index (χ0n) is 16.7. The number of carbonyl (C=O) groups excluding carboxylic acids is 1. The number of hydrogen-bond acceptors (Lipinski definition) is 5. The van der Waals surface area contributed by atoms with Crippen LogP contribution in [-0.4, -0.2) is 51.3 Å². The summed E-state index contributed by atoms with van der Waals surface area (Å²) in [6.45, 7) is 8.44. The van der Waals surface area contributed by atoms with Gasteiger partial charge in [-0.15, -0.1) is 0 Å². The second kappa shape index (κ2) is 7.64. The summed E-state index contributed by atoms with van der Waals surface area (Å²) in [5.74, 6) is -0.388. The number of likely N-dealkylation sites (N-methyl/N-ethyl adjacent to an activating group) is 1. The molecular formula is C17H27N7O3S. The first-order valence-electron chi connectivity index (χ1n) is 9.26. The van der Waals surface area contributed by atoms with E-state index >= 15 is 0 Å². The highest BCUT2D eigenvalue weighted by Crippen LogP contribution is 2.30. The van der Waals surface area contributed by atoms with E-state index in [0.29, 0.717) is 18.7 Å². The number of hydrogen-bond donors (Lipinski definition) is 2. The van der Waals surface area contributed by atoms with Crippen molar-refractivity contribution in [3.05, 3.63) is 29.8 Å². The monoisotopic (exact) mass is 409 g/mol. The highest BCUT2D eigenvalue weighted by Gasteiger charge is 2.41. The number of amides is 1. The molecular weight excluding hydrogens is 382 g/mol. The van der Waals surface area contributed by atoms with Crippen LogP contribution in [0.3, 0.4) is 0 Å². The van der Waals surface area contributed by atoms with Crippen LogP contribution in [0.5, 0.6) is 0 Å². The molecule has 1 saturated heterocycles. The number of carbonyl (C=O) groups is 1. The summed E-state index contributed by atoms with van der Waals surface area (Å²) in [5.41, 5.74) is 2.06. The predicted octanol–water partition coefficient (Wildman–Crippen LogP) is 1.21. The lowest BCUT2D eigenvalue weighted by atomic mass is 10.00. The number of aromatic nitrogens is 4. The van der Waals surface area contributed by atoms with Crippen molar-refractivity contribution in [2.24, 2.45) is 0 Å². The largest absolute Gasteiger partial charge is 0.322 e. The number of aryl methyl sites for hydroxylation is 2. The molecule has 0 spiro atoms. The molecule has 0 bridgehead atoms. The molecule has 1 aliphatic heterocycles. The van der Waals surface area contributed by atoms with Crippen molar-refractivity contribution in [1.29, 1.82) is 0 Å². The van der Waals surface area contributed by atoms with Crippen LogP contribution < -0.4 is 10.0 Å². The molecule has 1 aliphatic rings. The molecule has 2 aromatic heterocycles. The number of anilines is 1. The molecule has 0 aromatic carbocycles. The summed E-state index contributed by atoms with van der Waals surface area (Å²) >= 11 is 0. The first kappa shape index (κ1) is 20.5. The Morgan fingerprint density at radius 1 is 1.39 bits per heavy atom. The fourth-order valence-electron chi connectivity index (χ4n) is 3.26. The zero-order chi connectivity index (χ0) is 20.6. The Balaban J connectivity index is 1.83. The summed E-state index contributed by atoms with van der Waals surface area (Å²) in [7, 11) is -2.40. The van der Waals surface area contributed by atoms with Crippen LogP contribution in [0.25, 0.3) is 0 Å². The lowest BCUT2D eigenvalue weighted by Gasteiger charge is -2.35. The molecule has 2 atom stereocenters. The molecule has 0 radical (unpaired) electrons. The van der Waals surface area contributed by atoms with Crippen LogP contribution in [0.4, 0.5) is 5.69 Å². The van der Waals surface area contributed by atoms with E-state index in [9.17, 15) is 13.2 Å². The van der Waals surface area contributed by atoms with Crippen LogP contribution in [0.2, 0.25) is 0 Å².